The highest BCUT2D eigenvalue weighted by molar-refractivity contribution is 5.95. The molecule has 1 aliphatic heterocycles. The second-order valence-electron chi connectivity index (χ2n) is 4.64. The third kappa shape index (κ3) is 3.12. The molecule has 0 aromatic heterocycles. The number of ether oxygens (including phenoxy) is 1. The lowest BCUT2D eigenvalue weighted by Gasteiger charge is -2.26. The van der Waals surface area contributed by atoms with Crippen LogP contribution in [-0.2, 0) is 9.53 Å². The zero-order chi connectivity index (χ0) is 13.8. The first kappa shape index (κ1) is 13.5. The second kappa shape index (κ2) is 5.84. The van der Waals surface area contributed by atoms with Crippen LogP contribution in [0.5, 0.6) is 0 Å². The van der Waals surface area contributed by atoms with E-state index in [0.717, 1.165) is 12.8 Å². The number of amides is 1. The van der Waals surface area contributed by atoms with Gasteiger partial charge in [0.2, 0.25) is 5.91 Å². The number of hydrogen-bond donors (Lipinski definition) is 1. The predicted octanol–water partition coefficient (Wildman–Crippen LogP) is 1.77. The van der Waals surface area contributed by atoms with Crippen molar-refractivity contribution < 1.29 is 19.4 Å². The zero-order valence-electron chi connectivity index (χ0n) is 10.8. The molecular weight excluding hydrogens is 246 g/mol. The molecule has 1 amide bonds. The average Bonchev–Trinajstić information content (AvgIpc) is 2.46. The maximum absolute atomic E-state index is 12.3. The van der Waals surface area contributed by atoms with Crippen LogP contribution in [-0.4, -0.2) is 37.2 Å². The van der Waals surface area contributed by atoms with Crippen LogP contribution < -0.4 is 4.90 Å². The van der Waals surface area contributed by atoms with Crippen molar-refractivity contribution in [2.45, 2.75) is 12.8 Å². The van der Waals surface area contributed by atoms with Crippen LogP contribution in [0.2, 0.25) is 0 Å². The lowest BCUT2D eigenvalue weighted by atomic mass is 9.98. The highest BCUT2D eigenvalue weighted by Gasteiger charge is 2.25. The van der Waals surface area contributed by atoms with Gasteiger partial charge in [-0.05, 0) is 37.1 Å². The van der Waals surface area contributed by atoms with Gasteiger partial charge in [0.25, 0.3) is 0 Å². The number of hydrogen-bond acceptors (Lipinski definition) is 3. The molecule has 1 saturated heterocycles. The summed E-state index contributed by atoms with van der Waals surface area (Å²) in [6, 6.07) is 6.32. The summed E-state index contributed by atoms with van der Waals surface area (Å²) >= 11 is 0. The molecule has 1 aromatic carbocycles. The summed E-state index contributed by atoms with van der Waals surface area (Å²) in [6.07, 6.45) is 1.49. The third-order valence-corrected chi connectivity index (χ3v) is 3.40. The van der Waals surface area contributed by atoms with E-state index in [-0.39, 0.29) is 17.4 Å². The Bertz CT molecular complexity index is 463. The monoisotopic (exact) mass is 263 g/mol. The summed E-state index contributed by atoms with van der Waals surface area (Å²) < 4.78 is 5.24. The van der Waals surface area contributed by atoms with Crippen LogP contribution in [0.15, 0.2) is 24.3 Å². The van der Waals surface area contributed by atoms with Gasteiger partial charge in [0.05, 0.1) is 5.56 Å². The molecule has 1 N–H and O–H groups in total. The molecule has 1 fully saturated rings. The highest BCUT2D eigenvalue weighted by Crippen LogP contribution is 2.21. The smallest absolute Gasteiger partial charge is 0.335 e. The van der Waals surface area contributed by atoms with Crippen molar-refractivity contribution in [2.24, 2.45) is 5.92 Å². The first-order valence-electron chi connectivity index (χ1n) is 6.28. The Hall–Kier alpha value is -1.88. The largest absolute Gasteiger partial charge is 0.478 e. The molecule has 102 valence electrons. The summed E-state index contributed by atoms with van der Waals surface area (Å²) in [5.74, 6) is -0.908. The van der Waals surface area contributed by atoms with E-state index >= 15 is 0 Å². The molecule has 0 aliphatic carbocycles. The minimum Gasteiger partial charge on any atom is -0.478 e. The number of carbonyl (C=O) groups excluding carboxylic acids is 1. The third-order valence-electron chi connectivity index (χ3n) is 3.40. The molecule has 0 bridgehead atoms. The van der Waals surface area contributed by atoms with Gasteiger partial charge in [-0.3, -0.25) is 4.79 Å². The van der Waals surface area contributed by atoms with E-state index < -0.39 is 5.97 Å². The Kier molecular flexibility index (Phi) is 4.16. The number of nitrogens with zero attached hydrogens (tertiary/aromatic N) is 1. The first-order valence-corrected chi connectivity index (χ1v) is 6.28. The van der Waals surface area contributed by atoms with Gasteiger partial charge >= 0.3 is 5.97 Å². The van der Waals surface area contributed by atoms with Crippen molar-refractivity contribution in [3.8, 4) is 0 Å². The van der Waals surface area contributed by atoms with Gasteiger partial charge in [0.1, 0.15) is 0 Å². The number of aromatic carboxylic acids is 1. The first-order chi connectivity index (χ1) is 9.09. The highest BCUT2D eigenvalue weighted by atomic mass is 16.5. The van der Waals surface area contributed by atoms with Crippen LogP contribution in [0.25, 0.3) is 0 Å². The van der Waals surface area contributed by atoms with E-state index in [2.05, 4.69) is 0 Å². The van der Waals surface area contributed by atoms with Crippen LogP contribution >= 0.6 is 0 Å². The predicted molar refractivity (Wildman–Crippen MR) is 70.4 cm³/mol. The average molecular weight is 263 g/mol. The van der Waals surface area contributed by atoms with Crippen molar-refractivity contribution in [3.05, 3.63) is 29.8 Å². The van der Waals surface area contributed by atoms with Gasteiger partial charge < -0.3 is 14.7 Å². The maximum Gasteiger partial charge on any atom is 0.335 e. The molecule has 0 saturated carbocycles. The van der Waals surface area contributed by atoms with Crippen molar-refractivity contribution in [3.63, 3.8) is 0 Å². The molecule has 2 rings (SSSR count). The second-order valence-corrected chi connectivity index (χ2v) is 4.64. The standard InChI is InChI=1S/C14H17NO4/c1-15(13(16)10-6-8-19-9-7-10)12-4-2-11(3-5-12)14(17)18/h2-5,10H,6-9H2,1H3,(H,17,18). The number of benzene rings is 1. The molecule has 5 nitrogen and oxygen atoms in total. The van der Waals surface area contributed by atoms with Crippen LogP contribution in [0.1, 0.15) is 23.2 Å². The minimum atomic E-state index is -0.968. The van der Waals surface area contributed by atoms with Crippen molar-refractivity contribution in [2.75, 3.05) is 25.2 Å². The molecule has 5 heteroatoms. The minimum absolute atomic E-state index is 0.00194. The molecule has 0 spiro atoms. The van der Waals surface area contributed by atoms with Crippen molar-refractivity contribution in [1.29, 1.82) is 0 Å². The Morgan fingerprint density at radius 1 is 1.21 bits per heavy atom. The molecule has 0 unspecified atom stereocenters. The van der Waals surface area contributed by atoms with Crippen LogP contribution in [0.3, 0.4) is 0 Å². The lowest BCUT2D eigenvalue weighted by molar-refractivity contribution is -0.124. The fourth-order valence-electron chi connectivity index (χ4n) is 2.17. The van der Waals surface area contributed by atoms with Gasteiger partial charge in [-0.2, -0.15) is 0 Å². The summed E-state index contributed by atoms with van der Waals surface area (Å²) in [5.41, 5.74) is 0.928. The molecule has 0 radical (unpaired) electrons. The Morgan fingerprint density at radius 2 is 1.79 bits per heavy atom. The zero-order valence-corrected chi connectivity index (χ0v) is 10.8. The van der Waals surface area contributed by atoms with E-state index in [1.54, 1.807) is 24.1 Å². The van der Waals surface area contributed by atoms with E-state index in [0.29, 0.717) is 18.9 Å². The quantitative estimate of drug-likeness (QED) is 0.902. The number of anilines is 1. The van der Waals surface area contributed by atoms with Crippen molar-refractivity contribution >= 4 is 17.6 Å². The Morgan fingerprint density at radius 3 is 2.32 bits per heavy atom. The number of carbonyl (C=O) groups is 2. The SMILES string of the molecule is CN(C(=O)C1CCOCC1)c1ccc(C(=O)O)cc1. The Balaban J connectivity index is 2.07. The van der Waals surface area contributed by atoms with Gasteiger partial charge in [0, 0.05) is 31.9 Å². The maximum atomic E-state index is 12.3. The van der Waals surface area contributed by atoms with Gasteiger partial charge in [-0.15, -0.1) is 0 Å². The van der Waals surface area contributed by atoms with Crippen molar-refractivity contribution in [1.82, 2.24) is 0 Å². The van der Waals surface area contributed by atoms with Gasteiger partial charge in [-0.1, -0.05) is 0 Å². The summed E-state index contributed by atoms with van der Waals surface area (Å²) in [5, 5.41) is 8.83. The van der Waals surface area contributed by atoms with E-state index in [1.807, 2.05) is 0 Å². The summed E-state index contributed by atoms with van der Waals surface area (Å²) in [6.45, 7) is 1.25. The molecule has 1 aromatic rings. The molecule has 19 heavy (non-hydrogen) atoms. The molecule has 0 atom stereocenters. The number of carboxylic acid groups (broad SMARTS) is 1. The van der Waals surface area contributed by atoms with Gasteiger partial charge in [0.15, 0.2) is 0 Å². The molecule has 1 aliphatic rings. The molecular formula is C14H17NO4. The fourth-order valence-corrected chi connectivity index (χ4v) is 2.17. The van der Waals surface area contributed by atoms with Gasteiger partial charge in [-0.25, -0.2) is 4.79 Å². The van der Waals surface area contributed by atoms with E-state index in [1.165, 1.54) is 12.1 Å². The normalized spacial score (nSPS) is 16.1. The fraction of sp³-hybridized carbons (Fsp3) is 0.429. The number of rotatable bonds is 3. The summed E-state index contributed by atoms with van der Waals surface area (Å²) in [7, 11) is 1.72. The Labute approximate surface area is 111 Å². The lowest BCUT2D eigenvalue weighted by Crippen LogP contribution is -2.35. The number of carboxylic acids is 1. The van der Waals surface area contributed by atoms with Crippen LogP contribution in [0, 0.1) is 5.92 Å². The molecule has 1 heterocycles. The van der Waals surface area contributed by atoms with Crippen LogP contribution in [0.4, 0.5) is 5.69 Å². The topological polar surface area (TPSA) is 66.8 Å². The summed E-state index contributed by atoms with van der Waals surface area (Å²) in [4.78, 5) is 24.6. The van der Waals surface area contributed by atoms with E-state index in [4.69, 9.17) is 9.84 Å². The van der Waals surface area contributed by atoms with E-state index in [9.17, 15) is 9.59 Å².